The van der Waals surface area contributed by atoms with Crippen molar-refractivity contribution in [3.05, 3.63) is 35.6 Å². The zero-order valence-corrected chi connectivity index (χ0v) is 12.3. The summed E-state index contributed by atoms with van der Waals surface area (Å²) in [6.45, 7) is 5.54. The predicted octanol–water partition coefficient (Wildman–Crippen LogP) is 1.70. The number of hydrogen-bond donors (Lipinski definition) is 1. The average Bonchev–Trinajstić information content (AvgIpc) is 2.46. The van der Waals surface area contributed by atoms with E-state index in [1.54, 1.807) is 21.9 Å². The summed E-state index contributed by atoms with van der Waals surface area (Å²) < 4.78 is 13.6. The van der Waals surface area contributed by atoms with Gasteiger partial charge in [-0.05, 0) is 26.0 Å². The van der Waals surface area contributed by atoms with E-state index < -0.39 is 5.82 Å². The van der Waals surface area contributed by atoms with Crippen LogP contribution in [0.25, 0.3) is 0 Å². The van der Waals surface area contributed by atoms with E-state index in [0.29, 0.717) is 26.2 Å². The Morgan fingerprint density at radius 1 is 1.10 bits per heavy atom. The molecule has 1 aromatic rings. The molecule has 0 radical (unpaired) electrons. The van der Waals surface area contributed by atoms with E-state index in [-0.39, 0.29) is 23.5 Å². The molecule has 1 heterocycles. The van der Waals surface area contributed by atoms with Gasteiger partial charge in [0.25, 0.3) is 5.91 Å². The maximum Gasteiger partial charge on any atom is 0.317 e. The van der Waals surface area contributed by atoms with Crippen molar-refractivity contribution < 1.29 is 14.0 Å². The summed E-state index contributed by atoms with van der Waals surface area (Å²) in [5.74, 6) is -0.834. The molecule has 1 saturated heterocycles. The summed E-state index contributed by atoms with van der Waals surface area (Å²) in [4.78, 5) is 27.4. The Labute approximate surface area is 123 Å². The molecule has 1 aromatic carbocycles. The van der Waals surface area contributed by atoms with Crippen LogP contribution in [0, 0.1) is 5.82 Å². The van der Waals surface area contributed by atoms with Crippen molar-refractivity contribution in [3.8, 4) is 0 Å². The minimum absolute atomic E-state index is 0.0792. The number of amides is 3. The molecule has 0 aromatic heterocycles. The van der Waals surface area contributed by atoms with E-state index in [9.17, 15) is 14.0 Å². The fourth-order valence-corrected chi connectivity index (χ4v) is 2.26. The second-order valence-electron chi connectivity index (χ2n) is 5.36. The summed E-state index contributed by atoms with van der Waals surface area (Å²) in [6, 6.07) is 5.91. The van der Waals surface area contributed by atoms with Crippen LogP contribution in [0.15, 0.2) is 24.3 Å². The monoisotopic (exact) mass is 293 g/mol. The normalized spacial score (nSPS) is 15.2. The first-order valence-corrected chi connectivity index (χ1v) is 7.08. The van der Waals surface area contributed by atoms with Gasteiger partial charge in [-0.3, -0.25) is 4.79 Å². The maximum absolute atomic E-state index is 13.6. The summed E-state index contributed by atoms with van der Waals surface area (Å²) >= 11 is 0. The van der Waals surface area contributed by atoms with Crippen LogP contribution in [0.2, 0.25) is 0 Å². The summed E-state index contributed by atoms with van der Waals surface area (Å²) in [5, 5.41) is 2.82. The second kappa shape index (κ2) is 6.56. The number of carbonyl (C=O) groups is 2. The molecule has 2 rings (SSSR count). The van der Waals surface area contributed by atoms with Crippen LogP contribution >= 0.6 is 0 Å². The smallest absolute Gasteiger partial charge is 0.317 e. The van der Waals surface area contributed by atoms with Crippen molar-refractivity contribution in [1.29, 1.82) is 0 Å². The highest BCUT2D eigenvalue weighted by Crippen LogP contribution is 2.12. The molecule has 3 amide bonds. The van der Waals surface area contributed by atoms with Gasteiger partial charge in [0.05, 0.1) is 5.56 Å². The van der Waals surface area contributed by atoms with Gasteiger partial charge in [-0.25, -0.2) is 9.18 Å². The topological polar surface area (TPSA) is 52.7 Å². The van der Waals surface area contributed by atoms with Crippen molar-refractivity contribution >= 4 is 11.9 Å². The van der Waals surface area contributed by atoms with Gasteiger partial charge < -0.3 is 15.1 Å². The van der Waals surface area contributed by atoms with Gasteiger partial charge in [0.2, 0.25) is 0 Å². The lowest BCUT2D eigenvalue weighted by atomic mass is 10.1. The number of rotatable bonds is 2. The molecule has 1 aliphatic heterocycles. The summed E-state index contributed by atoms with van der Waals surface area (Å²) in [6.07, 6.45) is 0. The molecule has 1 aliphatic rings. The zero-order chi connectivity index (χ0) is 15.4. The molecule has 6 heteroatoms. The largest absolute Gasteiger partial charge is 0.336 e. The van der Waals surface area contributed by atoms with Gasteiger partial charge in [0, 0.05) is 32.2 Å². The Bertz CT molecular complexity index is 525. The third-order valence-electron chi connectivity index (χ3n) is 3.37. The standard InChI is InChI=1S/C15H20FN3O2/c1-11(2)17-15(21)19-9-7-18(8-10-19)14(20)12-5-3-4-6-13(12)16/h3-6,11H,7-10H2,1-2H3,(H,17,21). The Morgan fingerprint density at radius 2 is 1.67 bits per heavy atom. The van der Waals surface area contributed by atoms with Gasteiger partial charge in [-0.2, -0.15) is 0 Å². The van der Waals surface area contributed by atoms with E-state index >= 15 is 0 Å². The molecule has 5 nitrogen and oxygen atoms in total. The van der Waals surface area contributed by atoms with Crippen LogP contribution in [0.3, 0.4) is 0 Å². The third kappa shape index (κ3) is 3.71. The van der Waals surface area contributed by atoms with Crippen molar-refractivity contribution in [2.75, 3.05) is 26.2 Å². The highest BCUT2D eigenvalue weighted by molar-refractivity contribution is 5.94. The minimum Gasteiger partial charge on any atom is -0.336 e. The maximum atomic E-state index is 13.6. The summed E-state index contributed by atoms with van der Waals surface area (Å²) in [7, 11) is 0. The zero-order valence-electron chi connectivity index (χ0n) is 12.3. The molecule has 0 unspecified atom stereocenters. The first kappa shape index (κ1) is 15.3. The number of benzene rings is 1. The third-order valence-corrected chi connectivity index (χ3v) is 3.37. The van der Waals surface area contributed by atoms with E-state index in [4.69, 9.17) is 0 Å². The molecule has 0 aliphatic carbocycles. The van der Waals surface area contributed by atoms with Crippen LogP contribution in [0.4, 0.5) is 9.18 Å². The van der Waals surface area contributed by atoms with Crippen LogP contribution in [0.1, 0.15) is 24.2 Å². The van der Waals surface area contributed by atoms with Crippen molar-refractivity contribution in [2.45, 2.75) is 19.9 Å². The SMILES string of the molecule is CC(C)NC(=O)N1CCN(C(=O)c2ccccc2F)CC1. The fourth-order valence-electron chi connectivity index (χ4n) is 2.26. The Kier molecular flexibility index (Phi) is 4.77. The van der Waals surface area contributed by atoms with Gasteiger partial charge in [-0.1, -0.05) is 12.1 Å². The van der Waals surface area contributed by atoms with Crippen molar-refractivity contribution in [1.82, 2.24) is 15.1 Å². The van der Waals surface area contributed by atoms with E-state index in [1.807, 2.05) is 13.8 Å². The summed E-state index contributed by atoms with van der Waals surface area (Å²) in [5.41, 5.74) is 0.0811. The number of nitrogens with zero attached hydrogens (tertiary/aromatic N) is 2. The molecule has 1 fully saturated rings. The highest BCUT2D eigenvalue weighted by atomic mass is 19.1. The fraction of sp³-hybridized carbons (Fsp3) is 0.467. The highest BCUT2D eigenvalue weighted by Gasteiger charge is 2.26. The number of urea groups is 1. The van der Waals surface area contributed by atoms with Crippen LogP contribution < -0.4 is 5.32 Å². The van der Waals surface area contributed by atoms with E-state index in [1.165, 1.54) is 12.1 Å². The average molecular weight is 293 g/mol. The van der Waals surface area contributed by atoms with Gasteiger partial charge in [0.1, 0.15) is 5.82 Å². The number of halogens is 1. The molecule has 114 valence electrons. The first-order chi connectivity index (χ1) is 9.99. The molecular formula is C15H20FN3O2. The Hall–Kier alpha value is -2.11. The molecule has 1 N–H and O–H groups in total. The molecule has 21 heavy (non-hydrogen) atoms. The molecule has 0 bridgehead atoms. The minimum atomic E-state index is -0.512. The lowest BCUT2D eigenvalue weighted by molar-refractivity contribution is 0.0659. The quantitative estimate of drug-likeness (QED) is 0.902. The molecular weight excluding hydrogens is 273 g/mol. The van der Waals surface area contributed by atoms with Crippen molar-refractivity contribution in [3.63, 3.8) is 0 Å². The molecule has 0 atom stereocenters. The lowest BCUT2D eigenvalue weighted by Crippen LogP contribution is -2.54. The van der Waals surface area contributed by atoms with Gasteiger partial charge in [-0.15, -0.1) is 0 Å². The van der Waals surface area contributed by atoms with E-state index in [2.05, 4.69) is 5.32 Å². The second-order valence-corrected chi connectivity index (χ2v) is 5.36. The molecule has 0 saturated carbocycles. The first-order valence-electron chi connectivity index (χ1n) is 7.08. The number of piperazine rings is 1. The van der Waals surface area contributed by atoms with Crippen molar-refractivity contribution in [2.24, 2.45) is 0 Å². The van der Waals surface area contributed by atoms with Crippen LogP contribution in [0.5, 0.6) is 0 Å². The number of carbonyl (C=O) groups excluding carboxylic acids is 2. The Balaban J connectivity index is 1.94. The van der Waals surface area contributed by atoms with Gasteiger partial charge >= 0.3 is 6.03 Å². The van der Waals surface area contributed by atoms with Gasteiger partial charge in [0.15, 0.2) is 0 Å². The van der Waals surface area contributed by atoms with Crippen LogP contribution in [-0.2, 0) is 0 Å². The Morgan fingerprint density at radius 3 is 2.24 bits per heavy atom. The lowest BCUT2D eigenvalue weighted by Gasteiger charge is -2.35. The predicted molar refractivity (Wildman–Crippen MR) is 77.5 cm³/mol. The number of hydrogen-bond acceptors (Lipinski definition) is 2. The van der Waals surface area contributed by atoms with Crippen LogP contribution in [-0.4, -0.2) is 54.0 Å². The number of nitrogens with one attached hydrogen (secondary N) is 1. The molecule has 0 spiro atoms. The van der Waals surface area contributed by atoms with E-state index in [0.717, 1.165) is 0 Å².